The predicted molar refractivity (Wildman–Crippen MR) is 81.4 cm³/mol. The lowest BCUT2D eigenvalue weighted by molar-refractivity contribution is -0.0678. The number of ether oxygens (including phenoxy) is 1. The van der Waals surface area contributed by atoms with Crippen molar-refractivity contribution in [2.75, 3.05) is 46.9 Å². The van der Waals surface area contributed by atoms with Crippen molar-refractivity contribution in [3.05, 3.63) is 0 Å². The summed E-state index contributed by atoms with van der Waals surface area (Å²) in [5.41, 5.74) is 6.31. The first-order valence-corrected chi connectivity index (χ1v) is 7.61. The normalized spacial score (nSPS) is 28.6. The van der Waals surface area contributed by atoms with E-state index in [1.165, 1.54) is 0 Å². The molecule has 1 rings (SSSR count). The molecule has 4 heteroatoms. The fourth-order valence-electron chi connectivity index (χ4n) is 3.03. The van der Waals surface area contributed by atoms with Crippen LogP contribution in [0.2, 0.25) is 0 Å². The Morgan fingerprint density at radius 3 is 2.47 bits per heavy atom. The molecule has 2 atom stereocenters. The Balaban J connectivity index is 2.78. The summed E-state index contributed by atoms with van der Waals surface area (Å²) in [4.78, 5) is 4.87. The van der Waals surface area contributed by atoms with Gasteiger partial charge in [-0.25, -0.2) is 0 Å². The number of hydrogen-bond acceptors (Lipinski definition) is 4. The number of likely N-dealkylation sites (N-methyl/N-ethyl adjacent to an activating group) is 1. The molecule has 0 radical (unpaired) electrons. The van der Waals surface area contributed by atoms with Crippen LogP contribution in [0.4, 0.5) is 0 Å². The highest BCUT2D eigenvalue weighted by Crippen LogP contribution is 2.30. The molecule has 0 aliphatic carbocycles. The van der Waals surface area contributed by atoms with Crippen molar-refractivity contribution in [1.29, 1.82) is 0 Å². The molecule has 1 aliphatic heterocycles. The summed E-state index contributed by atoms with van der Waals surface area (Å²) < 4.78 is 5.72. The molecule has 114 valence electrons. The van der Waals surface area contributed by atoms with Gasteiger partial charge in [0.25, 0.3) is 0 Å². The van der Waals surface area contributed by atoms with Crippen molar-refractivity contribution in [2.24, 2.45) is 11.7 Å². The second kappa shape index (κ2) is 7.58. The first-order valence-electron chi connectivity index (χ1n) is 7.61. The molecule has 0 aromatic rings. The van der Waals surface area contributed by atoms with Crippen LogP contribution in [-0.4, -0.2) is 68.3 Å². The Bertz CT molecular complexity index is 258. The average Bonchev–Trinajstić information content (AvgIpc) is 2.33. The summed E-state index contributed by atoms with van der Waals surface area (Å²) in [6.07, 6.45) is 2.45. The third-order valence-electron chi connectivity index (χ3n) is 4.09. The van der Waals surface area contributed by atoms with E-state index in [0.717, 1.165) is 45.6 Å². The van der Waals surface area contributed by atoms with E-state index in [1.54, 1.807) is 0 Å². The second-order valence-corrected chi connectivity index (χ2v) is 6.71. The van der Waals surface area contributed by atoms with Crippen LogP contribution in [0.15, 0.2) is 0 Å². The number of hydrogen-bond donors (Lipinski definition) is 1. The molecule has 19 heavy (non-hydrogen) atoms. The van der Waals surface area contributed by atoms with E-state index in [9.17, 15) is 0 Å². The van der Waals surface area contributed by atoms with Crippen molar-refractivity contribution in [1.82, 2.24) is 9.80 Å². The highest BCUT2D eigenvalue weighted by atomic mass is 16.5. The van der Waals surface area contributed by atoms with E-state index in [2.05, 4.69) is 44.7 Å². The van der Waals surface area contributed by atoms with Gasteiger partial charge in [0.15, 0.2) is 0 Å². The predicted octanol–water partition coefficient (Wildman–Crippen LogP) is 1.40. The molecule has 1 heterocycles. The Morgan fingerprint density at radius 1 is 1.32 bits per heavy atom. The fourth-order valence-corrected chi connectivity index (χ4v) is 3.03. The fraction of sp³-hybridized carbons (Fsp3) is 1.00. The maximum Gasteiger partial charge on any atom is 0.0565 e. The van der Waals surface area contributed by atoms with Crippen molar-refractivity contribution in [3.8, 4) is 0 Å². The molecule has 0 spiro atoms. The van der Waals surface area contributed by atoms with Gasteiger partial charge >= 0.3 is 0 Å². The lowest BCUT2D eigenvalue weighted by atomic mass is 9.84. The summed E-state index contributed by atoms with van der Waals surface area (Å²) in [6, 6.07) is 0. The molecular weight excluding hydrogens is 238 g/mol. The van der Waals surface area contributed by atoms with Crippen LogP contribution >= 0.6 is 0 Å². The van der Waals surface area contributed by atoms with Gasteiger partial charge in [-0.2, -0.15) is 0 Å². The van der Waals surface area contributed by atoms with Gasteiger partial charge in [-0.15, -0.1) is 0 Å². The summed E-state index contributed by atoms with van der Waals surface area (Å²) in [5.74, 6) is 0.670. The molecule has 1 fully saturated rings. The van der Waals surface area contributed by atoms with Gasteiger partial charge in [0, 0.05) is 38.3 Å². The van der Waals surface area contributed by atoms with Crippen LogP contribution in [0.5, 0.6) is 0 Å². The molecular formula is C15H33N3O. The maximum atomic E-state index is 6.17. The second-order valence-electron chi connectivity index (χ2n) is 6.71. The zero-order chi connectivity index (χ0) is 14.5. The van der Waals surface area contributed by atoms with Gasteiger partial charge in [0.05, 0.1) is 6.10 Å². The van der Waals surface area contributed by atoms with Gasteiger partial charge in [0.1, 0.15) is 0 Å². The van der Waals surface area contributed by atoms with Gasteiger partial charge in [-0.3, -0.25) is 4.90 Å². The molecule has 2 unspecified atom stereocenters. The monoisotopic (exact) mass is 271 g/mol. The number of nitrogens with two attached hydrogens (primary N) is 1. The summed E-state index contributed by atoms with van der Waals surface area (Å²) in [5, 5.41) is 0. The van der Waals surface area contributed by atoms with E-state index >= 15 is 0 Å². The van der Waals surface area contributed by atoms with Crippen LogP contribution < -0.4 is 5.73 Å². The van der Waals surface area contributed by atoms with E-state index in [-0.39, 0.29) is 5.54 Å². The Hall–Kier alpha value is -0.160. The molecule has 0 aromatic heterocycles. The zero-order valence-corrected chi connectivity index (χ0v) is 13.5. The minimum absolute atomic E-state index is 0.137. The van der Waals surface area contributed by atoms with Crippen LogP contribution in [0.25, 0.3) is 0 Å². The third kappa shape index (κ3) is 5.03. The lowest BCUT2D eigenvalue weighted by Crippen LogP contribution is -2.60. The highest BCUT2D eigenvalue weighted by Gasteiger charge is 2.39. The van der Waals surface area contributed by atoms with Crippen LogP contribution in [0.3, 0.4) is 0 Å². The van der Waals surface area contributed by atoms with Gasteiger partial charge in [-0.05, 0) is 39.8 Å². The largest absolute Gasteiger partial charge is 0.378 e. The quantitative estimate of drug-likeness (QED) is 0.760. The van der Waals surface area contributed by atoms with E-state index < -0.39 is 0 Å². The Kier molecular flexibility index (Phi) is 6.74. The van der Waals surface area contributed by atoms with Crippen molar-refractivity contribution < 1.29 is 4.74 Å². The first-order chi connectivity index (χ1) is 8.89. The lowest BCUT2D eigenvalue weighted by Gasteiger charge is -2.48. The van der Waals surface area contributed by atoms with Crippen LogP contribution in [0, 0.1) is 5.92 Å². The third-order valence-corrected chi connectivity index (χ3v) is 4.09. The molecule has 1 saturated heterocycles. The molecule has 0 aromatic carbocycles. The van der Waals surface area contributed by atoms with Crippen molar-refractivity contribution >= 4 is 0 Å². The molecule has 2 N–H and O–H groups in total. The molecule has 1 aliphatic rings. The summed E-state index contributed by atoms with van der Waals surface area (Å²) in [6.45, 7) is 11.6. The average molecular weight is 271 g/mol. The highest BCUT2D eigenvalue weighted by molar-refractivity contribution is 4.96. The van der Waals surface area contributed by atoms with Gasteiger partial charge in [0.2, 0.25) is 0 Å². The molecule has 0 saturated carbocycles. The first kappa shape index (κ1) is 16.9. The standard InChI is InChI=1S/C15H33N3O/c1-13(2)11-18(8-7-17(4)5)15(12-16)6-9-19-14(3)10-15/h13-14H,6-12,16H2,1-5H3. The Labute approximate surface area is 119 Å². The smallest absolute Gasteiger partial charge is 0.0565 e. The van der Waals surface area contributed by atoms with Gasteiger partial charge in [-0.1, -0.05) is 13.8 Å². The SMILES string of the molecule is CC(C)CN(CCN(C)C)C1(CN)CCOC(C)C1. The van der Waals surface area contributed by atoms with E-state index in [0.29, 0.717) is 12.0 Å². The number of nitrogens with zero attached hydrogens (tertiary/aromatic N) is 2. The van der Waals surface area contributed by atoms with E-state index in [1.807, 2.05) is 0 Å². The maximum absolute atomic E-state index is 6.17. The topological polar surface area (TPSA) is 41.7 Å². The Morgan fingerprint density at radius 2 is 2.00 bits per heavy atom. The zero-order valence-electron chi connectivity index (χ0n) is 13.5. The van der Waals surface area contributed by atoms with Crippen LogP contribution in [0.1, 0.15) is 33.6 Å². The van der Waals surface area contributed by atoms with E-state index in [4.69, 9.17) is 10.5 Å². The minimum atomic E-state index is 0.137. The van der Waals surface area contributed by atoms with Crippen LogP contribution in [-0.2, 0) is 4.74 Å². The van der Waals surface area contributed by atoms with Gasteiger partial charge < -0.3 is 15.4 Å². The minimum Gasteiger partial charge on any atom is -0.378 e. The number of rotatable bonds is 7. The molecule has 0 amide bonds. The molecule has 4 nitrogen and oxygen atoms in total. The summed E-state index contributed by atoms with van der Waals surface area (Å²) in [7, 11) is 4.27. The summed E-state index contributed by atoms with van der Waals surface area (Å²) >= 11 is 0. The van der Waals surface area contributed by atoms with Crippen molar-refractivity contribution in [2.45, 2.75) is 45.3 Å². The van der Waals surface area contributed by atoms with Crippen molar-refractivity contribution in [3.63, 3.8) is 0 Å². The molecule has 0 bridgehead atoms.